The van der Waals surface area contributed by atoms with Crippen LogP contribution >= 0.6 is 23.1 Å². The molecule has 2 aliphatic rings. The number of rotatable bonds is 6. The number of aromatic nitrogens is 2. The number of fused-ring (bicyclic) bond motifs is 3. The van der Waals surface area contributed by atoms with Crippen LogP contribution in [0.5, 0.6) is 0 Å². The van der Waals surface area contributed by atoms with Crippen LogP contribution in [0.25, 0.3) is 10.2 Å². The lowest BCUT2D eigenvalue weighted by atomic mass is 10.2. The van der Waals surface area contributed by atoms with Crippen molar-refractivity contribution in [2.75, 3.05) is 0 Å². The van der Waals surface area contributed by atoms with Gasteiger partial charge >= 0.3 is 0 Å². The Labute approximate surface area is 167 Å². The van der Waals surface area contributed by atoms with Gasteiger partial charge in [-0.25, -0.2) is 4.98 Å². The van der Waals surface area contributed by atoms with Gasteiger partial charge in [0.05, 0.1) is 10.6 Å². The molecule has 2 aromatic heterocycles. The molecule has 144 valence electrons. The quantitative estimate of drug-likeness (QED) is 0.454. The molecule has 1 N–H and O–H groups in total. The highest BCUT2D eigenvalue weighted by Crippen LogP contribution is 2.36. The Morgan fingerprint density at radius 2 is 2.19 bits per heavy atom. The maximum atomic E-state index is 13.2. The number of hydrogen-bond donors (Lipinski definition) is 1. The molecule has 0 saturated heterocycles. The van der Waals surface area contributed by atoms with Crippen LogP contribution < -0.4 is 10.9 Å². The maximum absolute atomic E-state index is 13.2. The summed E-state index contributed by atoms with van der Waals surface area (Å²) in [6, 6.07) is 0.298. The lowest BCUT2D eigenvalue weighted by molar-refractivity contribution is -0.120. The van der Waals surface area contributed by atoms with Crippen LogP contribution in [-0.2, 0) is 24.2 Å². The highest BCUT2D eigenvalue weighted by molar-refractivity contribution is 8.00. The van der Waals surface area contributed by atoms with Crippen molar-refractivity contribution in [2.45, 2.75) is 74.9 Å². The Hall–Kier alpha value is -1.60. The predicted molar refractivity (Wildman–Crippen MR) is 112 cm³/mol. The molecule has 1 saturated carbocycles. The third-order valence-corrected chi connectivity index (χ3v) is 7.73. The van der Waals surface area contributed by atoms with Gasteiger partial charge in [-0.05, 0) is 44.6 Å². The Balaban J connectivity index is 1.64. The molecule has 0 spiro atoms. The van der Waals surface area contributed by atoms with Crippen molar-refractivity contribution in [3.63, 3.8) is 0 Å². The smallest absolute Gasteiger partial charge is 0.263 e. The average Bonchev–Trinajstić information content (AvgIpc) is 3.35. The van der Waals surface area contributed by atoms with Gasteiger partial charge in [0.15, 0.2) is 5.16 Å². The van der Waals surface area contributed by atoms with E-state index in [0.29, 0.717) is 17.7 Å². The highest BCUT2D eigenvalue weighted by atomic mass is 32.2. The number of nitrogens with zero attached hydrogens (tertiary/aromatic N) is 2. The third kappa shape index (κ3) is 3.59. The second-order valence-electron chi connectivity index (χ2n) is 7.39. The fourth-order valence-corrected chi connectivity index (χ4v) is 6.27. The molecule has 5 nitrogen and oxygen atoms in total. The van der Waals surface area contributed by atoms with Gasteiger partial charge in [-0.3, -0.25) is 14.2 Å². The molecule has 0 radical (unpaired) electrons. The molecule has 0 bridgehead atoms. The highest BCUT2D eigenvalue weighted by Gasteiger charge is 2.26. The number of allylic oxidation sites excluding steroid dienone is 1. The second kappa shape index (κ2) is 7.80. The minimum Gasteiger partial charge on any atom is -0.352 e. The summed E-state index contributed by atoms with van der Waals surface area (Å²) in [5.74, 6) is 0.0278. The van der Waals surface area contributed by atoms with E-state index in [1.54, 1.807) is 22.0 Å². The average molecular weight is 404 g/mol. The van der Waals surface area contributed by atoms with Gasteiger partial charge in [0.2, 0.25) is 5.91 Å². The third-order valence-electron chi connectivity index (χ3n) is 5.45. The summed E-state index contributed by atoms with van der Waals surface area (Å²) in [5.41, 5.74) is 1.19. The van der Waals surface area contributed by atoms with E-state index >= 15 is 0 Å². The molecular formula is C20H25N3O2S2. The lowest BCUT2D eigenvalue weighted by Crippen LogP contribution is -2.38. The minimum absolute atomic E-state index is 0.00482. The number of carbonyl (C=O) groups excluding carboxylic acids is 1. The van der Waals surface area contributed by atoms with E-state index in [1.165, 1.54) is 35.0 Å². The Bertz CT molecular complexity index is 941. The largest absolute Gasteiger partial charge is 0.352 e. The van der Waals surface area contributed by atoms with Crippen LogP contribution in [0.1, 0.15) is 49.5 Å². The maximum Gasteiger partial charge on any atom is 0.263 e. The van der Waals surface area contributed by atoms with Gasteiger partial charge in [-0.15, -0.1) is 17.9 Å². The fourth-order valence-electron chi connectivity index (χ4n) is 4.04. The predicted octanol–water partition coefficient (Wildman–Crippen LogP) is 3.67. The number of hydrogen-bond acceptors (Lipinski definition) is 5. The first kappa shape index (κ1) is 18.7. The number of aryl methyl sites for hydroxylation is 2. The van der Waals surface area contributed by atoms with Crippen molar-refractivity contribution < 1.29 is 4.79 Å². The summed E-state index contributed by atoms with van der Waals surface area (Å²) in [6.45, 7) is 6.08. The van der Waals surface area contributed by atoms with Crippen molar-refractivity contribution in [2.24, 2.45) is 0 Å². The summed E-state index contributed by atoms with van der Waals surface area (Å²) < 4.78 is 1.67. The minimum atomic E-state index is -0.294. The van der Waals surface area contributed by atoms with Gasteiger partial charge in [-0.1, -0.05) is 30.7 Å². The molecule has 0 aromatic carbocycles. The number of thiophene rings is 1. The van der Waals surface area contributed by atoms with E-state index in [-0.39, 0.29) is 16.7 Å². The van der Waals surface area contributed by atoms with E-state index in [2.05, 4.69) is 11.9 Å². The molecule has 1 atom stereocenters. The van der Waals surface area contributed by atoms with Crippen molar-refractivity contribution in [1.82, 2.24) is 14.9 Å². The van der Waals surface area contributed by atoms with E-state index in [0.717, 1.165) is 42.3 Å². The van der Waals surface area contributed by atoms with Crippen LogP contribution in [-0.4, -0.2) is 26.8 Å². The molecular weight excluding hydrogens is 378 g/mol. The zero-order chi connectivity index (χ0) is 19.0. The molecule has 2 aromatic rings. The Morgan fingerprint density at radius 1 is 1.41 bits per heavy atom. The molecule has 2 aliphatic carbocycles. The van der Waals surface area contributed by atoms with Crippen LogP contribution in [0.3, 0.4) is 0 Å². The van der Waals surface area contributed by atoms with Gasteiger partial charge in [0.25, 0.3) is 5.56 Å². The number of nitrogens with one attached hydrogen (secondary N) is 1. The van der Waals surface area contributed by atoms with Crippen LogP contribution in [0.2, 0.25) is 0 Å². The van der Waals surface area contributed by atoms with Gasteiger partial charge in [-0.2, -0.15) is 0 Å². The standard InChI is InChI=1S/C20H25N3O2S2/c1-3-11-23-19(25)16-14-9-6-10-15(14)27-18(16)22-20(23)26-12(2)17(24)21-13-7-4-5-8-13/h3,12-13H,1,4-11H2,2H3,(H,21,24)/t12-/m1/s1. The molecule has 0 unspecified atom stereocenters. The van der Waals surface area contributed by atoms with E-state index in [1.807, 2.05) is 6.92 Å². The normalized spacial score (nSPS) is 18.0. The zero-order valence-corrected chi connectivity index (χ0v) is 17.3. The first-order valence-corrected chi connectivity index (χ1v) is 11.4. The van der Waals surface area contributed by atoms with Crippen molar-refractivity contribution >= 4 is 39.2 Å². The topological polar surface area (TPSA) is 64.0 Å². The van der Waals surface area contributed by atoms with Crippen LogP contribution in [0.15, 0.2) is 22.6 Å². The van der Waals surface area contributed by atoms with Crippen molar-refractivity contribution in [1.29, 1.82) is 0 Å². The molecule has 27 heavy (non-hydrogen) atoms. The number of carbonyl (C=O) groups is 1. The summed E-state index contributed by atoms with van der Waals surface area (Å²) >= 11 is 3.01. The SMILES string of the molecule is C=CCn1c(S[C@H](C)C(=O)NC2CCCC2)nc2sc3c(c2c1=O)CCC3. The first-order chi connectivity index (χ1) is 13.1. The zero-order valence-electron chi connectivity index (χ0n) is 15.6. The molecule has 1 amide bonds. The fraction of sp³-hybridized carbons (Fsp3) is 0.550. The summed E-state index contributed by atoms with van der Waals surface area (Å²) in [4.78, 5) is 32.6. The van der Waals surface area contributed by atoms with Gasteiger partial charge in [0, 0.05) is 17.5 Å². The molecule has 7 heteroatoms. The van der Waals surface area contributed by atoms with Crippen molar-refractivity contribution in [3.8, 4) is 0 Å². The number of amides is 1. The molecule has 0 aliphatic heterocycles. The molecule has 2 heterocycles. The molecule has 4 rings (SSSR count). The second-order valence-corrected chi connectivity index (χ2v) is 9.78. The molecule has 1 fully saturated rings. The van der Waals surface area contributed by atoms with Gasteiger partial charge < -0.3 is 5.32 Å². The number of thioether (sulfide) groups is 1. The van der Waals surface area contributed by atoms with Gasteiger partial charge in [0.1, 0.15) is 4.83 Å². The summed E-state index contributed by atoms with van der Waals surface area (Å²) in [5, 5.41) is 4.24. The Morgan fingerprint density at radius 3 is 2.93 bits per heavy atom. The van der Waals surface area contributed by atoms with Crippen LogP contribution in [0, 0.1) is 0 Å². The summed E-state index contributed by atoms with van der Waals surface area (Å²) in [7, 11) is 0. The van der Waals surface area contributed by atoms with Crippen molar-refractivity contribution in [3.05, 3.63) is 33.4 Å². The monoisotopic (exact) mass is 403 g/mol. The van der Waals surface area contributed by atoms with E-state index < -0.39 is 0 Å². The Kier molecular flexibility index (Phi) is 5.41. The lowest BCUT2D eigenvalue weighted by Gasteiger charge is -2.17. The summed E-state index contributed by atoms with van der Waals surface area (Å²) in [6.07, 6.45) is 9.35. The van der Waals surface area contributed by atoms with Crippen LogP contribution in [0.4, 0.5) is 0 Å². The van der Waals surface area contributed by atoms with E-state index in [4.69, 9.17) is 4.98 Å². The van der Waals surface area contributed by atoms with E-state index in [9.17, 15) is 9.59 Å². The first-order valence-electron chi connectivity index (χ1n) is 9.71.